The lowest BCUT2D eigenvalue weighted by molar-refractivity contribution is -0.00518. The average Bonchev–Trinajstić information content (AvgIpc) is 2.81. The molecule has 184 valence electrons. The standard InChI is InChI=1S/C32H40N2O/c1-6-34-29-15-30(35-5)25(14-28(29)21(2)16-31(34,3)4)20-33-27-9-7-26(8-10-27)32-17-22-11-23(18-32)13-24(12-22)19-32/h7-10,14-16,20,22-24H,6,11-13,17-19H2,1-5H3. The maximum atomic E-state index is 5.82. The predicted octanol–water partition coefficient (Wildman–Crippen LogP) is 7.94. The summed E-state index contributed by atoms with van der Waals surface area (Å²) in [4.78, 5) is 7.32. The summed E-state index contributed by atoms with van der Waals surface area (Å²) in [5.41, 5.74) is 7.86. The number of likely N-dealkylation sites (N-methyl/N-ethyl adjacent to an activating group) is 1. The highest BCUT2D eigenvalue weighted by atomic mass is 16.5. The number of rotatable bonds is 5. The van der Waals surface area contributed by atoms with E-state index in [1.807, 2.05) is 6.21 Å². The van der Waals surface area contributed by atoms with Gasteiger partial charge in [0.1, 0.15) is 5.75 Å². The number of aliphatic imine (C=N–C) groups is 1. The van der Waals surface area contributed by atoms with E-state index >= 15 is 0 Å². The van der Waals surface area contributed by atoms with Gasteiger partial charge in [-0.1, -0.05) is 18.2 Å². The van der Waals surface area contributed by atoms with Crippen molar-refractivity contribution in [2.45, 2.75) is 77.2 Å². The van der Waals surface area contributed by atoms with Gasteiger partial charge in [-0.15, -0.1) is 0 Å². The van der Waals surface area contributed by atoms with E-state index in [0.717, 1.165) is 41.3 Å². The lowest BCUT2D eigenvalue weighted by Gasteiger charge is -2.57. The zero-order chi connectivity index (χ0) is 24.4. The van der Waals surface area contributed by atoms with Crippen molar-refractivity contribution >= 4 is 23.2 Å². The molecule has 4 fully saturated rings. The molecule has 0 spiro atoms. The van der Waals surface area contributed by atoms with Crippen LogP contribution in [0.4, 0.5) is 11.4 Å². The Morgan fingerprint density at radius 2 is 1.63 bits per heavy atom. The predicted molar refractivity (Wildman–Crippen MR) is 147 cm³/mol. The Labute approximate surface area is 211 Å². The monoisotopic (exact) mass is 468 g/mol. The van der Waals surface area contributed by atoms with Crippen LogP contribution in [-0.2, 0) is 5.41 Å². The molecule has 0 saturated heterocycles. The first-order valence-corrected chi connectivity index (χ1v) is 13.6. The van der Waals surface area contributed by atoms with Gasteiger partial charge < -0.3 is 9.64 Å². The maximum absolute atomic E-state index is 5.82. The maximum Gasteiger partial charge on any atom is 0.129 e. The number of anilines is 1. The van der Waals surface area contributed by atoms with Crippen LogP contribution in [0, 0.1) is 17.8 Å². The largest absolute Gasteiger partial charge is 0.496 e. The Hall–Kier alpha value is -2.55. The summed E-state index contributed by atoms with van der Waals surface area (Å²) in [6.07, 6.45) is 13.0. The van der Waals surface area contributed by atoms with E-state index in [1.54, 1.807) is 12.7 Å². The Bertz CT molecular complexity index is 1150. The highest BCUT2D eigenvalue weighted by Gasteiger charge is 2.51. The lowest BCUT2D eigenvalue weighted by Crippen LogP contribution is -2.48. The van der Waals surface area contributed by atoms with Crippen LogP contribution in [0.5, 0.6) is 5.75 Å². The number of hydrogen-bond acceptors (Lipinski definition) is 3. The summed E-state index contributed by atoms with van der Waals surface area (Å²) < 4.78 is 5.82. The lowest BCUT2D eigenvalue weighted by atomic mass is 9.48. The summed E-state index contributed by atoms with van der Waals surface area (Å²) in [5, 5.41) is 0. The Kier molecular flexibility index (Phi) is 5.39. The molecule has 35 heavy (non-hydrogen) atoms. The van der Waals surface area contributed by atoms with Crippen LogP contribution in [0.1, 0.15) is 82.9 Å². The van der Waals surface area contributed by atoms with Crippen molar-refractivity contribution in [3.05, 3.63) is 59.2 Å². The van der Waals surface area contributed by atoms with Crippen LogP contribution in [-0.4, -0.2) is 25.4 Å². The zero-order valence-electron chi connectivity index (χ0n) is 22.1. The van der Waals surface area contributed by atoms with Crippen LogP contribution in [0.15, 0.2) is 47.5 Å². The molecule has 0 radical (unpaired) electrons. The van der Waals surface area contributed by atoms with E-state index in [1.165, 1.54) is 55.3 Å². The highest BCUT2D eigenvalue weighted by molar-refractivity contribution is 5.92. The fourth-order valence-corrected chi connectivity index (χ4v) is 8.49. The number of benzene rings is 2. The molecule has 2 aromatic carbocycles. The first-order valence-electron chi connectivity index (χ1n) is 13.6. The molecule has 0 unspecified atom stereocenters. The molecule has 3 heteroatoms. The van der Waals surface area contributed by atoms with Crippen molar-refractivity contribution in [1.82, 2.24) is 0 Å². The van der Waals surface area contributed by atoms with Gasteiger partial charge in [-0.2, -0.15) is 0 Å². The molecule has 4 bridgehead atoms. The second-order valence-corrected chi connectivity index (χ2v) is 12.3. The number of allylic oxidation sites excluding steroid dienone is 1. The summed E-state index contributed by atoms with van der Waals surface area (Å²) >= 11 is 0. The summed E-state index contributed by atoms with van der Waals surface area (Å²) in [7, 11) is 1.76. The van der Waals surface area contributed by atoms with Crippen molar-refractivity contribution in [3.8, 4) is 5.75 Å². The van der Waals surface area contributed by atoms with Crippen LogP contribution in [0.2, 0.25) is 0 Å². The fraction of sp³-hybridized carbons (Fsp3) is 0.531. The molecule has 3 nitrogen and oxygen atoms in total. The number of hydrogen-bond donors (Lipinski definition) is 0. The highest BCUT2D eigenvalue weighted by Crippen LogP contribution is 2.60. The average molecular weight is 469 g/mol. The molecule has 0 atom stereocenters. The molecule has 7 rings (SSSR count). The first-order chi connectivity index (χ1) is 16.8. The Balaban J connectivity index is 1.27. The van der Waals surface area contributed by atoms with Crippen LogP contribution < -0.4 is 9.64 Å². The molecule has 4 saturated carbocycles. The third kappa shape index (κ3) is 3.82. The van der Waals surface area contributed by atoms with Gasteiger partial charge in [0, 0.05) is 35.6 Å². The van der Waals surface area contributed by atoms with E-state index in [0.29, 0.717) is 5.41 Å². The van der Waals surface area contributed by atoms with E-state index in [-0.39, 0.29) is 5.54 Å². The van der Waals surface area contributed by atoms with Crippen molar-refractivity contribution < 1.29 is 4.74 Å². The molecular formula is C32H40N2O. The topological polar surface area (TPSA) is 24.8 Å². The minimum Gasteiger partial charge on any atom is -0.496 e. The van der Waals surface area contributed by atoms with Gasteiger partial charge in [0.05, 0.1) is 18.3 Å². The van der Waals surface area contributed by atoms with Gasteiger partial charge >= 0.3 is 0 Å². The second kappa shape index (κ2) is 8.25. The number of nitrogens with zero attached hydrogens (tertiary/aromatic N) is 2. The van der Waals surface area contributed by atoms with Crippen molar-refractivity contribution in [1.29, 1.82) is 0 Å². The van der Waals surface area contributed by atoms with Crippen LogP contribution in [0.25, 0.3) is 5.57 Å². The van der Waals surface area contributed by atoms with Gasteiger partial charge in [0.2, 0.25) is 0 Å². The zero-order valence-corrected chi connectivity index (χ0v) is 22.1. The molecule has 2 aromatic rings. The molecule has 0 N–H and O–H groups in total. The molecule has 0 aromatic heterocycles. The number of methoxy groups -OCH3 is 1. The first kappa shape index (κ1) is 22.9. The fourth-order valence-electron chi connectivity index (χ4n) is 8.49. The van der Waals surface area contributed by atoms with Gasteiger partial charge in [-0.25, -0.2) is 0 Å². The second-order valence-electron chi connectivity index (χ2n) is 12.3. The van der Waals surface area contributed by atoms with E-state index < -0.39 is 0 Å². The molecule has 1 aliphatic heterocycles. The van der Waals surface area contributed by atoms with Crippen molar-refractivity contribution in [2.24, 2.45) is 22.7 Å². The summed E-state index contributed by atoms with van der Waals surface area (Å²) in [6, 6.07) is 13.6. The van der Waals surface area contributed by atoms with Gasteiger partial charge in [-0.05, 0) is 119 Å². The Morgan fingerprint density at radius 1 is 1.00 bits per heavy atom. The quantitative estimate of drug-likeness (QED) is 0.416. The minimum absolute atomic E-state index is 0.00904. The number of ether oxygens (including phenoxy) is 1. The van der Waals surface area contributed by atoms with Gasteiger partial charge in [0.25, 0.3) is 0 Å². The van der Waals surface area contributed by atoms with E-state index in [9.17, 15) is 0 Å². The third-order valence-corrected chi connectivity index (χ3v) is 9.52. The van der Waals surface area contributed by atoms with E-state index in [4.69, 9.17) is 9.73 Å². The van der Waals surface area contributed by atoms with Crippen molar-refractivity contribution in [2.75, 3.05) is 18.6 Å². The van der Waals surface area contributed by atoms with Gasteiger partial charge in [0.15, 0.2) is 0 Å². The van der Waals surface area contributed by atoms with Crippen LogP contribution in [0.3, 0.4) is 0 Å². The summed E-state index contributed by atoms with van der Waals surface area (Å²) in [6.45, 7) is 9.94. The van der Waals surface area contributed by atoms with Crippen LogP contribution >= 0.6 is 0 Å². The molecule has 5 aliphatic rings. The Morgan fingerprint density at radius 3 is 2.20 bits per heavy atom. The van der Waals surface area contributed by atoms with Crippen molar-refractivity contribution in [3.63, 3.8) is 0 Å². The van der Waals surface area contributed by atoms with E-state index in [2.05, 4.69) is 75.1 Å². The SMILES string of the molecule is CCN1c2cc(OC)c(C=Nc3ccc(C45CC6CC(CC(C6)C4)C5)cc3)cc2C(C)=CC1(C)C. The molecule has 4 aliphatic carbocycles. The molecule has 1 heterocycles. The molecular weight excluding hydrogens is 428 g/mol. The molecule has 0 amide bonds. The third-order valence-electron chi connectivity index (χ3n) is 9.52. The smallest absolute Gasteiger partial charge is 0.129 e. The minimum atomic E-state index is -0.00904. The number of fused-ring (bicyclic) bond motifs is 1. The van der Waals surface area contributed by atoms with Gasteiger partial charge in [-0.3, -0.25) is 4.99 Å². The summed E-state index contributed by atoms with van der Waals surface area (Å²) in [5.74, 6) is 3.80. The normalized spacial score (nSPS) is 30.5.